The highest BCUT2D eigenvalue weighted by atomic mass is 35.5. The Morgan fingerprint density at radius 1 is 1.05 bits per heavy atom. The number of hydrogen-bond acceptors (Lipinski definition) is 1. The summed E-state index contributed by atoms with van der Waals surface area (Å²) in [7, 11) is 1.69. The Morgan fingerprint density at radius 2 is 1.80 bits per heavy atom. The fourth-order valence-electron chi connectivity index (χ4n) is 2.04. The summed E-state index contributed by atoms with van der Waals surface area (Å²) in [6, 6.07) is 7.95. The molecule has 2 rings (SSSR count). The van der Waals surface area contributed by atoms with Crippen molar-refractivity contribution >= 4 is 11.6 Å². The molecule has 0 saturated carbocycles. The van der Waals surface area contributed by atoms with Gasteiger partial charge in [-0.25, -0.2) is 13.2 Å². The summed E-state index contributed by atoms with van der Waals surface area (Å²) in [6.07, 6.45) is 0.373. The lowest BCUT2D eigenvalue weighted by atomic mass is 9.98. The second kappa shape index (κ2) is 6.29. The van der Waals surface area contributed by atoms with Crippen LogP contribution < -0.4 is 5.32 Å². The van der Waals surface area contributed by atoms with Crippen LogP contribution in [-0.2, 0) is 6.42 Å². The molecule has 0 aliphatic heterocycles. The lowest BCUT2D eigenvalue weighted by Crippen LogP contribution is -2.19. The Balaban J connectivity index is 2.28. The number of nitrogens with one attached hydrogen (secondary N) is 1. The molecule has 0 spiro atoms. The standard InChI is InChI=1S/C15H13ClF3N/c1-20-14(9-5-6-11(17)13(19)7-9)8-10-3-2-4-12(18)15(10)16/h2-7,14,20H,8H2,1H3. The van der Waals surface area contributed by atoms with E-state index in [2.05, 4.69) is 5.32 Å². The van der Waals surface area contributed by atoms with Gasteiger partial charge in [0.25, 0.3) is 0 Å². The van der Waals surface area contributed by atoms with Crippen molar-refractivity contribution in [3.8, 4) is 0 Å². The highest BCUT2D eigenvalue weighted by Crippen LogP contribution is 2.26. The molecule has 106 valence electrons. The summed E-state index contributed by atoms with van der Waals surface area (Å²) in [4.78, 5) is 0. The molecule has 0 amide bonds. The van der Waals surface area contributed by atoms with Gasteiger partial charge >= 0.3 is 0 Å². The minimum atomic E-state index is -0.909. The van der Waals surface area contributed by atoms with Crippen LogP contribution in [0.2, 0.25) is 5.02 Å². The van der Waals surface area contributed by atoms with Gasteiger partial charge < -0.3 is 5.32 Å². The van der Waals surface area contributed by atoms with Gasteiger partial charge in [0.1, 0.15) is 5.82 Å². The van der Waals surface area contributed by atoms with E-state index in [1.165, 1.54) is 12.1 Å². The molecule has 0 heterocycles. The Morgan fingerprint density at radius 3 is 2.45 bits per heavy atom. The Kier molecular flexibility index (Phi) is 4.68. The van der Waals surface area contributed by atoms with Crippen molar-refractivity contribution in [2.75, 3.05) is 7.05 Å². The third-order valence-corrected chi connectivity index (χ3v) is 3.57. The van der Waals surface area contributed by atoms with Crippen LogP contribution in [0.25, 0.3) is 0 Å². The maximum Gasteiger partial charge on any atom is 0.159 e. The molecule has 1 atom stereocenters. The van der Waals surface area contributed by atoms with Crippen molar-refractivity contribution < 1.29 is 13.2 Å². The third-order valence-electron chi connectivity index (χ3n) is 3.15. The molecule has 20 heavy (non-hydrogen) atoms. The van der Waals surface area contributed by atoms with Crippen LogP contribution in [0.1, 0.15) is 17.2 Å². The van der Waals surface area contributed by atoms with Crippen molar-refractivity contribution in [2.45, 2.75) is 12.5 Å². The summed E-state index contributed by atoms with van der Waals surface area (Å²) in [5.74, 6) is -2.30. The molecular weight excluding hydrogens is 287 g/mol. The molecule has 2 aromatic rings. The minimum Gasteiger partial charge on any atom is -0.313 e. The highest BCUT2D eigenvalue weighted by molar-refractivity contribution is 6.31. The van der Waals surface area contributed by atoms with Gasteiger partial charge in [0.15, 0.2) is 11.6 Å². The van der Waals surface area contributed by atoms with Crippen LogP contribution >= 0.6 is 11.6 Å². The number of rotatable bonds is 4. The molecule has 0 saturated heterocycles. The Bertz CT molecular complexity index is 616. The monoisotopic (exact) mass is 299 g/mol. The number of benzene rings is 2. The molecule has 5 heteroatoms. The van der Waals surface area contributed by atoms with Gasteiger partial charge in [-0.05, 0) is 42.8 Å². The summed E-state index contributed by atoms with van der Waals surface area (Å²) in [5, 5.41) is 3.04. The summed E-state index contributed by atoms with van der Waals surface area (Å²) in [6.45, 7) is 0. The molecule has 1 nitrogen and oxygen atoms in total. The van der Waals surface area contributed by atoms with Gasteiger partial charge in [-0.15, -0.1) is 0 Å². The number of hydrogen-bond donors (Lipinski definition) is 1. The average Bonchev–Trinajstić information content (AvgIpc) is 2.44. The Labute approximate surface area is 120 Å². The van der Waals surface area contributed by atoms with Crippen molar-refractivity contribution in [1.29, 1.82) is 0 Å². The lowest BCUT2D eigenvalue weighted by Gasteiger charge is -2.18. The van der Waals surface area contributed by atoms with Crippen molar-refractivity contribution in [3.05, 3.63) is 70.0 Å². The van der Waals surface area contributed by atoms with Crippen LogP contribution in [-0.4, -0.2) is 7.05 Å². The van der Waals surface area contributed by atoms with E-state index < -0.39 is 17.5 Å². The zero-order valence-electron chi connectivity index (χ0n) is 10.8. The fourth-order valence-corrected chi connectivity index (χ4v) is 2.24. The lowest BCUT2D eigenvalue weighted by molar-refractivity contribution is 0.501. The SMILES string of the molecule is CNC(Cc1cccc(F)c1Cl)c1ccc(F)c(F)c1. The van der Waals surface area contributed by atoms with Crippen LogP contribution in [0, 0.1) is 17.5 Å². The molecule has 0 aliphatic rings. The van der Waals surface area contributed by atoms with Crippen LogP contribution in [0.4, 0.5) is 13.2 Å². The molecular formula is C15H13ClF3N. The summed E-state index contributed by atoms with van der Waals surface area (Å²) in [5.41, 5.74) is 1.18. The quantitative estimate of drug-likeness (QED) is 0.889. The van der Waals surface area contributed by atoms with E-state index in [9.17, 15) is 13.2 Å². The van der Waals surface area contributed by atoms with E-state index in [0.29, 0.717) is 17.5 Å². The van der Waals surface area contributed by atoms with E-state index in [0.717, 1.165) is 12.1 Å². The third kappa shape index (κ3) is 3.14. The zero-order valence-corrected chi connectivity index (χ0v) is 11.5. The van der Waals surface area contributed by atoms with Gasteiger partial charge in [0.05, 0.1) is 5.02 Å². The van der Waals surface area contributed by atoms with E-state index in [1.807, 2.05) is 0 Å². The largest absolute Gasteiger partial charge is 0.313 e. The Hall–Kier alpha value is -1.52. The van der Waals surface area contributed by atoms with Crippen molar-refractivity contribution in [2.24, 2.45) is 0 Å². The minimum absolute atomic E-state index is 0.0512. The van der Waals surface area contributed by atoms with Crippen molar-refractivity contribution in [3.63, 3.8) is 0 Å². The van der Waals surface area contributed by atoms with Crippen LogP contribution in [0.3, 0.4) is 0 Å². The molecule has 1 N–H and O–H groups in total. The molecule has 0 fully saturated rings. The highest BCUT2D eigenvalue weighted by Gasteiger charge is 2.15. The van der Waals surface area contributed by atoms with Crippen molar-refractivity contribution in [1.82, 2.24) is 5.32 Å². The normalized spacial score (nSPS) is 12.4. The molecule has 1 unspecified atom stereocenters. The van der Waals surface area contributed by atoms with Gasteiger partial charge in [0.2, 0.25) is 0 Å². The molecule has 0 aromatic heterocycles. The first-order valence-electron chi connectivity index (χ1n) is 6.08. The predicted octanol–water partition coefficient (Wildman–Crippen LogP) is 4.26. The van der Waals surface area contributed by atoms with E-state index in [4.69, 9.17) is 11.6 Å². The molecule has 2 aromatic carbocycles. The summed E-state index contributed by atoms with van der Waals surface area (Å²) >= 11 is 5.90. The first kappa shape index (κ1) is 14.9. The maximum absolute atomic E-state index is 13.4. The van der Waals surface area contributed by atoms with E-state index >= 15 is 0 Å². The zero-order chi connectivity index (χ0) is 14.7. The van der Waals surface area contributed by atoms with Gasteiger partial charge in [0, 0.05) is 6.04 Å². The molecule has 0 aliphatic carbocycles. The molecule has 0 bridgehead atoms. The first-order valence-corrected chi connectivity index (χ1v) is 6.46. The smallest absolute Gasteiger partial charge is 0.159 e. The molecule has 0 radical (unpaired) electrons. The van der Waals surface area contributed by atoms with E-state index in [1.54, 1.807) is 19.2 Å². The fraction of sp³-hybridized carbons (Fsp3) is 0.200. The second-order valence-electron chi connectivity index (χ2n) is 4.43. The maximum atomic E-state index is 13.4. The number of halogens is 4. The van der Waals surface area contributed by atoms with Gasteiger partial charge in [-0.2, -0.15) is 0 Å². The van der Waals surface area contributed by atoms with Gasteiger partial charge in [-0.1, -0.05) is 29.8 Å². The second-order valence-corrected chi connectivity index (χ2v) is 4.81. The topological polar surface area (TPSA) is 12.0 Å². The first-order chi connectivity index (χ1) is 9.52. The van der Waals surface area contributed by atoms with Crippen LogP contribution in [0.15, 0.2) is 36.4 Å². The average molecular weight is 300 g/mol. The van der Waals surface area contributed by atoms with E-state index in [-0.39, 0.29) is 11.1 Å². The van der Waals surface area contributed by atoms with Gasteiger partial charge in [-0.3, -0.25) is 0 Å². The summed E-state index contributed by atoms with van der Waals surface area (Å²) < 4.78 is 39.6. The number of likely N-dealkylation sites (N-methyl/N-ethyl adjacent to an activating group) is 1. The van der Waals surface area contributed by atoms with Crippen LogP contribution in [0.5, 0.6) is 0 Å². The predicted molar refractivity (Wildman–Crippen MR) is 73.3 cm³/mol.